The van der Waals surface area contributed by atoms with Crippen molar-refractivity contribution in [2.75, 3.05) is 5.32 Å². The van der Waals surface area contributed by atoms with Gasteiger partial charge in [-0.15, -0.1) is 37.1 Å². The van der Waals surface area contributed by atoms with E-state index >= 15 is 0 Å². The molecule has 3 N–H and O–H groups in total. The van der Waals surface area contributed by atoms with Gasteiger partial charge in [-0.2, -0.15) is 0 Å². The van der Waals surface area contributed by atoms with E-state index in [2.05, 4.69) is 15.0 Å². The molecule has 0 heterocycles. The van der Waals surface area contributed by atoms with Gasteiger partial charge in [0.1, 0.15) is 0 Å². The Labute approximate surface area is 163 Å². The van der Waals surface area contributed by atoms with Crippen molar-refractivity contribution in [1.29, 1.82) is 0 Å². The van der Waals surface area contributed by atoms with E-state index in [4.69, 9.17) is 5.73 Å². The summed E-state index contributed by atoms with van der Waals surface area (Å²) in [4.78, 5) is 14.0. The molecule has 0 aliphatic heterocycles. The number of hydrogen-bond donors (Lipinski definition) is 2. The molecule has 140 valence electrons. The van der Waals surface area contributed by atoms with Gasteiger partial charge in [-0.1, -0.05) is 24.3 Å². The fourth-order valence-corrected chi connectivity index (χ4v) is 1.86. The quantitative estimate of drug-likeness (QED) is 0.220. The first-order chi connectivity index (χ1) is 11.7. The number of nitrogens with zero attached hydrogens (tertiary/aromatic N) is 2. The second kappa shape index (κ2) is 9.22. The summed E-state index contributed by atoms with van der Waals surface area (Å²) in [5.41, 5.74) is 6.25. The van der Waals surface area contributed by atoms with Crippen LogP contribution in [0.5, 0.6) is 5.75 Å². The average molecular weight is 482 g/mol. The van der Waals surface area contributed by atoms with E-state index in [1.807, 2.05) is 0 Å². The maximum atomic E-state index is 12.4. The molecule has 0 aliphatic carbocycles. The van der Waals surface area contributed by atoms with E-state index in [1.54, 1.807) is 0 Å². The number of benzene rings is 2. The second-order valence-electron chi connectivity index (χ2n) is 4.79. The Morgan fingerprint density at radius 1 is 1.19 bits per heavy atom. The third-order valence-corrected chi connectivity index (χ3v) is 2.95. The predicted molar refractivity (Wildman–Crippen MR) is 101 cm³/mol. The lowest BCUT2D eigenvalue weighted by Gasteiger charge is -2.14. The number of hydrogen-bond acceptors (Lipinski definition) is 4. The number of nitrogens with two attached hydrogens (primary N) is 1. The summed E-state index contributed by atoms with van der Waals surface area (Å²) in [5.74, 6) is -0.569. The zero-order valence-electron chi connectivity index (χ0n) is 13.1. The van der Waals surface area contributed by atoms with E-state index in [-0.39, 0.29) is 47.9 Å². The van der Waals surface area contributed by atoms with Crippen LogP contribution in [0.4, 0.5) is 24.5 Å². The molecule has 0 spiro atoms. The number of nitrogens with one attached hydrogen (secondary N) is 1. The van der Waals surface area contributed by atoms with E-state index in [9.17, 15) is 23.3 Å². The Kier molecular flexibility index (Phi) is 7.61. The summed E-state index contributed by atoms with van der Waals surface area (Å²) < 4.78 is 41.0. The highest BCUT2D eigenvalue weighted by Crippen LogP contribution is 2.29. The summed E-state index contributed by atoms with van der Waals surface area (Å²) in [6.07, 6.45) is -4.83. The minimum absolute atomic E-state index is 0. The minimum Gasteiger partial charge on any atom is -0.404 e. The first-order valence-corrected chi connectivity index (χ1v) is 6.89. The molecular formula is C15H14F3IN4O3. The number of guanidine groups is 1. The van der Waals surface area contributed by atoms with Crippen molar-refractivity contribution in [3.05, 3.63) is 64.2 Å². The lowest BCUT2D eigenvalue weighted by atomic mass is 10.2. The summed E-state index contributed by atoms with van der Waals surface area (Å²) in [5, 5.41) is 13.1. The summed E-state index contributed by atoms with van der Waals surface area (Å²) in [6.45, 7) is 0.0964. The molecule has 0 saturated carbocycles. The van der Waals surface area contributed by atoms with Crippen LogP contribution in [0, 0.1) is 10.1 Å². The predicted octanol–water partition coefficient (Wildman–Crippen LogP) is 4.04. The summed E-state index contributed by atoms with van der Waals surface area (Å²) in [6, 6.07) is 11.0. The third kappa shape index (κ3) is 6.74. The fourth-order valence-electron chi connectivity index (χ4n) is 1.86. The van der Waals surface area contributed by atoms with E-state index < -0.39 is 17.0 Å². The number of anilines is 1. The van der Waals surface area contributed by atoms with E-state index in [1.165, 1.54) is 42.5 Å². The summed E-state index contributed by atoms with van der Waals surface area (Å²) >= 11 is 0. The SMILES string of the molecule is I.NC(=NCc1ccc([N+](=O)[O-])cc1)Nc1ccccc1OC(F)(F)F. The molecule has 2 rings (SSSR count). The Morgan fingerprint density at radius 2 is 1.81 bits per heavy atom. The Bertz CT molecular complexity index is 782. The highest BCUT2D eigenvalue weighted by molar-refractivity contribution is 14.0. The van der Waals surface area contributed by atoms with Gasteiger partial charge in [0.05, 0.1) is 17.2 Å². The van der Waals surface area contributed by atoms with Crippen LogP contribution in [-0.2, 0) is 6.54 Å². The highest BCUT2D eigenvalue weighted by atomic mass is 127. The van der Waals surface area contributed by atoms with Crippen LogP contribution in [0.1, 0.15) is 5.56 Å². The molecule has 0 radical (unpaired) electrons. The molecule has 0 bridgehead atoms. The number of ether oxygens (including phenoxy) is 1. The largest absolute Gasteiger partial charge is 0.573 e. The van der Waals surface area contributed by atoms with Crippen LogP contribution >= 0.6 is 24.0 Å². The third-order valence-electron chi connectivity index (χ3n) is 2.95. The van der Waals surface area contributed by atoms with Gasteiger partial charge in [0.15, 0.2) is 11.7 Å². The topological polar surface area (TPSA) is 103 Å². The fraction of sp³-hybridized carbons (Fsp3) is 0.133. The molecule has 0 aliphatic rings. The monoisotopic (exact) mass is 482 g/mol. The van der Waals surface area contributed by atoms with Crippen molar-refractivity contribution >= 4 is 41.3 Å². The Morgan fingerprint density at radius 3 is 2.38 bits per heavy atom. The van der Waals surface area contributed by atoms with Gasteiger partial charge < -0.3 is 15.8 Å². The molecule has 2 aromatic rings. The normalized spacial score (nSPS) is 11.4. The Balaban J connectivity index is 0.00000338. The van der Waals surface area contributed by atoms with Crippen LogP contribution < -0.4 is 15.8 Å². The van der Waals surface area contributed by atoms with E-state index in [0.717, 1.165) is 6.07 Å². The maximum absolute atomic E-state index is 12.4. The zero-order valence-corrected chi connectivity index (χ0v) is 15.4. The Hall–Kier alpha value is -2.57. The molecule has 11 heteroatoms. The van der Waals surface area contributed by atoms with Crippen molar-refractivity contribution in [2.45, 2.75) is 12.9 Å². The van der Waals surface area contributed by atoms with Crippen molar-refractivity contribution in [3.63, 3.8) is 0 Å². The van der Waals surface area contributed by atoms with Gasteiger partial charge in [0, 0.05) is 12.1 Å². The van der Waals surface area contributed by atoms with Crippen molar-refractivity contribution in [2.24, 2.45) is 10.7 Å². The average Bonchev–Trinajstić information content (AvgIpc) is 2.54. The molecule has 0 atom stereocenters. The van der Waals surface area contributed by atoms with Crippen LogP contribution in [-0.4, -0.2) is 17.2 Å². The van der Waals surface area contributed by atoms with Gasteiger partial charge in [-0.05, 0) is 17.7 Å². The lowest BCUT2D eigenvalue weighted by molar-refractivity contribution is -0.384. The zero-order chi connectivity index (χ0) is 18.4. The summed E-state index contributed by atoms with van der Waals surface area (Å²) in [7, 11) is 0. The standard InChI is InChI=1S/C15H13F3N4O3.HI/c16-15(17,18)25-13-4-2-1-3-12(13)21-14(19)20-9-10-5-7-11(8-6-10)22(23)24;/h1-8H,9H2,(H3,19,20,21);1H. The van der Waals surface area contributed by atoms with Crippen molar-refractivity contribution in [1.82, 2.24) is 0 Å². The molecule has 7 nitrogen and oxygen atoms in total. The van der Waals surface area contributed by atoms with Gasteiger partial charge in [-0.3, -0.25) is 10.1 Å². The maximum Gasteiger partial charge on any atom is 0.573 e. The van der Waals surface area contributed by atoms with Gasteiger partial charge in [0.25, 0.3) is 5.69 Å². The number of nitro benzene ring substituents is 1. The molecule has 26 heavy (non-hydrogen) atoms. The number of rotatable bonds is 5. The molecule has 0 saturated heterocycles. The first-order valence-electron chi connectivity index (χ1n) is 6.89. The van der Waals surface area contributed by atoms with Crippen LogP contribution in [0.2, 0.25) is 0 Å². The highest BCUT2D eigenvalue weighted by Gasteiger charge is 2.32. The number of para-hydroxylation sites is 2. The van der Waals surface area contributed by atoms with Crippen LogP contribution in [0.3, 0.4) is 0 Å². The van der Waals surface area contributed by atoms with Gasteiger partial charge >= 0.3 is 6.36 Å². The van der Waals surface area contributed by atoms with Crippen LogP contribution in [0.25, 0.3) is 0 Å². The smallest absolute Gasteiger partial charge is 0.404 e. The molecule has 2 aromatic carbocycles. The molecule has 0 unspecified atom stereocenters. The van der Waals surface area contributed by atoms with Crippen molar-refractivity contribution in [3.8, 4) is 5.75 Å². The number of halogens is 4. The number of alkyl halides is 3. The van der Waals surface area contributed by atoms with Crippen molar-refractivity contribution < 1.29 is 22.8 Å². The molecule has 0 amide bonds. The minimum atomic E-state index is -4.83. The number of aliphatic imine (C=N–C) groups is 1. The number of nitro groups is 1. The number of non-ortho nitro benzene ring substituents is 1. The van der Waals surface area contributed by atoms with Crippen LogP contribution in [0.15, 0.2) is 53.5 Å². The lowest BCUT2D eigenvalue weighted by Crippen LogP contribution is -2.24. The van der Waals surface area contributed by atoms with Gasteiger partial charge in [0.2, 0.25) is 0 Å². The molecule has 0 fully saturated rings. The van der Waals surface area contributed by atoms with E-state index in [0.29, 0.717) is 5.56 Å². The van der Waals surface area contributed by atoms with Gasteiger partial charge in [-0.25, -0.2) is 4.99 Å². The first kappa shape index (κ1) is 21.5. The molecular weight excluding hydrogens is 468 g/mol. The second-order valence-corrected chi connectivity index (χ2v) is 4.79. The molecule has 0 aromatic heterocycles.